The number of aliphatic hydroxyl groups excluding tert-OH is 1. The molecule has 0 bridgehead atoms. The van der Waals surface area contributed by atoms with Gasteiger partial charge >= 0.3 is 12.1 Å². The van der Waals surface area contributed by atoms with Crippen LogP contribution in [0.25, 0.3) is 10.9 Å². The van der Waals surface area contributed by atoms with E-state index < -0.39 is 40.8 Å². The Hall–Kier alpha value is -4.19. The van der Waals surface area contributed by atoms with Gasteiger partial charge in [0.25, 0.3) is 0 Å². The predicted octanol–water partition coefficient (Wildman–Crippen LogP) is 3.12. The summed E-state index contributed by atoms with van der Waals surface area (Å²) in [5.41, 5.74) is -0.380. The summed E-state index contributed by atoms with van der Waals surface area (Å²) in [4.78, 5) is 37.1. The molecule has 1 amide bonds. The first-order valence-electron chi connectivity index (χ1n) is 11.6. The Morgan fingerprint density at radius 1 is 1.16 bits per heavy atom. The smallest absolute Gasteiger partial charge is 0.414 e. The molecule has 1 saturated carbocycles. The number of carbonyl (C=O) groups excluding carboxylic acids is 1. The van der Waals surface area contributed by atoms with Gasteiger partial charge in [0.1, 0.15) is 24.1 Å². The number of hydrogen-bond acceptors (Lipinski definition) is 7. The molecule has 2 aromatic carbocycles. The average molecular weight is 515 g/mol. The number of nitrogens with zero attached hydrogens (tertiary/aromatic N) is 2. The van der Waals surface area contributed by atoms with E-state index in [4.69, 9.17) is 14.6 Å². The molecule has 1 aliphatic heterocycles. The second kappa shape index (κ2) is 9.69. The Morgan fingerprint density at radius 2 is 1.95 bits per heavy atom. The minimum atomic E-state index is -1.36. The van der Waals surface area contributed by atoms with Crippen molar-refractivity contribution in [1.82, 2.24) is 4.57 Å². The van der Waals surface area contributed by atoms with Gasteiger partial charge in [0, 0.05) is 30.2 Å². The zero-order valence-corrected chi connectivity index (χ0v) is 19.4. The summed E-state index contributed by atoms with van der Waals surface area (Å²) in [7, 11) is 0. The number of carbonyl (C=O) groups is 2. The van der Waals surface area contributed by atoms with Crippen LogP contribution in [0.15, 0.2) is 41.3 Å². The standard InChI is InChI=1S/C25H23F2N3O7/c26-18-8-16-21(29(13-1-2-13)11-17(23(16)32)24(33)34)9-20(18)28-5-6-36-22-4-3-14(7-19(22)27)30-10-15(12-31)37-25(30)35/h3-4,7-9,11,13,15,28,31H,1-2,5-6,10,12H2,(H,33,34)/t15-/m1/s1. The number of fused-ring (bicyclic) bond motifs is 1. The number of nitrogens with one attached hydrogen (secondary N) is 1. The minimum Gasteiger partial charge on any atom is -0.489 e. The van der Waals surface area contributed by atoms with Gasteiger partial charge in [-0.1, -0.05) is 0 Å². The van der Waals surface area contributed by atoms with Crippen molar-refractivity contribution in [3.8, 4) is 5.75 Å². The number of cyclic esters (lactones) is 1. The molecule has 3 aromatic rings. The third-order valence-electron chi connectivity index (χ3n) is 6.27. The first-order chi connectivity index (χ1) is 17.8. The molecular formula is C25H23F2N3O7. The third kappa shape index (κ3) is 4.79. The Labute approximate surface area is 208 Å². The highest BCUT2D eigenvalue weighted by molar-refractivity contribution is 5.93. The highest BCUT2D eigenvalue weighted by atomic mass is 19.1. The molecule has 1 saturated heterocycles. The van der Waals surface area contributed by atoms with E-state index >= 15 is 0 Å². The number of amides is 1. The van der Waals surface area contributed by atoms with Crippen LogP contribution in [0.5, 0.6) is 5.75 Å². The molecule has 5 rings (SSSR count). The average Bonchev–Trinajstić information content (AvgIpc) is 3.64. The lowest BCUT2D eigenvalue weighted by Crippen LogP contribution is -2.25. The Balaban J connectivity index is 1.27. The van der Waals surface area contributed by atoms with E-state index in [1.54, 1.807) is 4.57 Å². The van der Waals surface area contributed by atoms with Crippen LogP contribution < -0.4 is 20.4 Å². The number of aliphatic hydroxyl groups is 1. The van der Waals surface area contributed by atoms with E-state index in [0.29, 0.717) is 5.52 Å². The van der Waals surface area contributed by atoms with Crippen molar-refractivity contribution in [1.29, 1.82) is 0 Å². The summed E-state index contributed by atoms with van der Waals surface area (Å²) in [6, 6.07) is 6.49. The van der Waals surface area contributed by atoms with E-state index in [2.05, 4.69) is 5.32 Å². The molecule has 3 N–H and O–H groups in total. The minimum absolute atomic E-state index is 0.0135. The fraction of sp³-hybridized carbons (Fsp3) is 0.320. The summed E-state index contributed by atoms with van der Waals surface area (Å²) in [5.74, 6) is -2.88. The summed E-state index contributed by atoms with van der Waals surface area (Å²) < 4.78 is 41.4. The number of benzene rings is 2. The van der Waals surface area contributed by atoms with Crippen molar-refractivity contribution in [2.24, 2.45) is 0 Å². The van der Waals surface area contributed by atoms with Crippen LogP contribution in [0, 0.1) is 11.6 Å². The van der Waals surface area contributed by atoms with E-state index in [-0.39, 0.29) is 54.9 Å². The number of carboxylic acid groups (broad SMARTS) is 1. The number of hydrogen-bond donors (Lipinski definition) is 3. The monoisotopic (exact) mass is 515 g/mol. The summed E-state index contributed by atoms with van der Waals surface area (Å²) in [6.45, 7) is -0.165. The summed E-state index contributed by atoms with van der Waals surface area (Å²) in [5, 5.41) is 21.3. The Bertz CT molecular complexity index is 1450. The number of rotatable bonds is 9. The molecule has 0 unspecified atom stereocenters. The van der Waals surface area contributed by atoms with Gasteiger partial charge in [0.05, 0.1) is 30.0 Å². The van der Waals surface area contributed by atoms with Gasteiger partial charge < -0.3 is 29.6 Å². The number of halogens is 2. The molecule has 0 spiro atoms. The largest absolute Gasteiger partial charge is 0.489 e. The lowest BCUT2D eigenvalue weighted by atomic mass is 10.1. The van der Waals surface area contributed by atoms with Crippen LogP contribution in [0.1, 0.15) is 29.2 Å². The van der Waals surface area contributed by atoms with Crippen molar-refractivity contribution >= 4 is 34.3 Å². The van der Waals surface area contributed by atoms with E-state index in [9.17, 15) is 28.3 Å². The lowest BCUT2D eigenvalue weighted by molar-refractivity contribution is 0.0694. The fourth-order valence-corrected chi connectivity index (χ4v) is 4.26. The van der Waals surface area contributed by atoms with Crippen LogP contribution in [0.3, 0.4) is 0 Å². The maximum atomic E-state index is 14.8. The van der Waals surface area contributed by atoms with Gasteiger partial charge in [0.2, 0.25) is 5.43 Å². The van der Waals surface area contributed by atoms with E-state index in [1.165, 1.54) is 29.3 Å². The molecule has 1 atom stereocenters. The van der Waals surface area contributed by atoms with Gasteiger partial charge in [-0.25, -0.2) is 18.4 Å². The molecule has 12 heteroatoms. The van der Waals surface area contributed by atoms with Crippen molar-refractivity contribution in [3.05, 3.63) is 63.9 Å². The lowest BCUT2D eigenvalue weighted by Gasteiger charge is -2.16. The zero-order valence-electron chi connectivity index (χ0n) is 19.4. The van der Waals surface area contributed by atoms with Crippen molar-refractivity contribution in [2.45, 2.75) is 25.0 Å². The molecule has 1 aliphatic carbocycles. The molecule has 1 aromatic heterocycles. The highest BCUT2D eigenvalue weighted by Gasteiger charge is 2.32. The SMILES string of the molecule is O=C(O)c1cn(C2CC2)c2cc(NCCOc3ccc(N4C[C@H](CO)OC4=O)cc3F)c(F)cc2c1=O. The maximum Gasteiger partial charge on any atom is 0.414 e. The number of carboxylic acids is 1. The van der Waals surface area contributed by atoms with Gasteiger partial charge in [-0.05, 0) is 37.1 Å². The van der Waals surface area contributed by atoms with Crippen LogP contribution in [0.4, 0.5) is 25.0 Å². The first kappa shape index (κ1) is 24.5. The number of pyridine rings is 1. The van der Waals surface area contributed by atoms with Crippen LogP contribution in [0.2, 0.25) is 0 Å². The normalized spacial score (nSPS) is 17.2. The van der Waals surface area contributed by atoms with E-state index in [1.807, 2.05) is 0 Å². The molecule has 2 fully saturated rings. The van der Waals surface area contributed by atoms with Gasteiger partial charge in [-0.2, -0.15) is 0 Å². The van der Waals surface area contributed by atoms with Crippen LogP contribution in [-0.2, 0) is 4.74 Å². The fourth-order valence-electron chi connectivity index (χ4n) is 4.26. The number of aromatic nitrogens is 1. The second-order valence-corrected chi connectivity index (χ2v) is 8.85. The van der Waals surface area contributed by atoms with Crippen LogP contribution in [-0.4, -0.2) is 59.2 Å². The van der Waals surface area contributed by atoms with Crippen molar-refractivity contribution in [2.75, 3.05) is 36.5 Å². The number of anilines is 2. The van der Waals surface area contributed by atoms with Gasteiger partial charge in [0.15, 0.2) is 11.6 Å². The molecule has 194 valence electrons. The summed E-state index contributed by atoms with van der Waals surface area (Å²) >= 11 is 0. The quantitative estimate of drug-likeness (QED) is 0.371. The van der Waals surface area contributed by atoms with Crippen molar-refractivity contribution in [3.63, 3.8) is 0 Å². The summed E-state index contributed by atoms with van der Waals surface area (Å²) in [6.07, 6.45) is 1.60. The topological polar surface area (TPSA) is 130 Å². The first-order valence-corrected chi connectivity index (χ1v) is 11.6. The molecule has 2 heterocycles. The van der Waals surface area contributed by atoms with E-state index in [0.717, 1.165) is 25.0 Å². The molecule has 0 radical (unpaired) electrons. The Kier molecular flexibility index (Phi) is 6.42. The third-order valence-corrected chi connectivity index (χ3v) is 6.27. The molecule has 10 nitrogen and oxygen atoms in total. The predicted molar refractivity (Wildman–Crippen MR) is 128 cm³/mol. The van der Waals surface area contributed by atoms with Crippen LogP contribution >= 0.6 is 0 Å². The zero-order chi connectivity index (χ0) is 26.3. The van der Waals surface area contributed by atoms with Crippen molar-refractivity contribution < 1.29 is 38.1 Å². The molecule has 2 aliphatic rings. The molecule has 37 heavy (non-hydrogen) atoms. The second-order valence-electron chi connectivity index (χ2n) is 8.85. The Morgan fingerprint density at radius 3 is 2.59 bits per heavy atom. The van der Waals surface area contributed by atoms with Gasteiger partial charge in [-0.15, -0.1) is 0 Å². The highest BCUT2D eigenvalue weighted by Crippen LogP contribution is 2.37. The molecular weight excluding hydrogens is 492 g/mol. The number of aromatic carboxylic acids is 1. The van der Waals surface area contributed by atoms with Gasteiger partial charge in [-0.3, -0.25) is 9.69 Å². The maximum absolute atomic E-state index is 14.8. The number of ether oxygens (including phenoxy) is 2.